The Labute approximate surface area is 131 Å². The maximum absolute atomic E-state index is 12.4. The highest BCUT2D eigenvalue weighted by molar-refractivity contribution is 7.91. The highest BCUT2D eigenvalue weighted by Crippen LogP contribution is 2.25. The van der Waals surface area contributed by atoms with Crippen molar-refractivity contribution < 1.29 is 8.42 Å². The monoisotopic (exact) mass is 334 g/mol. The van der Waals surface area contributed by atoms with Gasteiger partial charge in [-0.3, -0.25) is 5.10 Å². The van der Waals surface area contributed by atoms with E-state index < -0.39 is 9.84 Å². The fourth-order valence-corrected chi connectivity index (χ4v) is 4.04. The van der Waals surface area contributed by atoms with Crippen LogP contribution in [0.15, 0.2) is 64.4 Å². The molecule has 0 atom stereocenters. The summed E-state index contributed by atoms with van der Waals surface area (Å²) >= 11 is 6.34. The third-order valence-electron chi connectivity index (χ3n) is 2.90. The Hall–Kier alpha value is -1.83. The van der Waals surface area contributed by atoms with Gasteiger partial charge in [-0.2, -0.15) is 5.10 Å². The van der Waals surface area contributed by atoms with Crippen LogP contribution in [0.2, 0.25) is 0 Å². The number of sulfone groups is 1. The first-order chi connectivity index (χ1) is 10.1. The van der Waals surface area contributed by atoms with Crippen LogP contribution in [-0.4, -0.2) is 18.6 Å². The molecule has 0 fully saturated rings. The maximum Gasteiger partial charge on any atom is 0.206 e. The molecule has 2 aromatic carbocycles. The van der Waals surface area contributed by atoms with E-state index in [1.807, 2.05) is 0 Å². The zero-order valence-electron chi connectivity index (χ0n) is 10.7. The average Bonchev–Trinajstić information content (AvgIpc) is 2.95. The van der Waals surface area contributed by atoms with Crippen LogP contribution >= 0.6 is 23.6 Å². The van der Waals surface area contributed by atoms with Gasteiger partial charge >= 0.3 is 0 Å². The predicted molar refractivity (Wildman–Crippen MR) is 84.6 cm³/mol. The number of rotatable bonds is 3. The molecule has 0 unspecified atom stereocenters. The van der Waals surface area contributed by atoms with E-state index in [0.717, 1.165) is 10.6 Å². The molecular formula is C14H10N2O2S3. The highest BCUT2D eigenvalue weighted by Gasteiger charge is 2.17. The lowest BCUT2D eigenvalue weighted by Gasteiger charge is -2.05. The smallest absolute Gasteiger partial charge is 0.206 e. The fourth-order valence-electron chi connectivity index (χ4n) is 1.87. The highest BCUT2D eigenvalue weighted by atomic mass is 32.2. The van der Waals surface area contributed by atoms with Crippen molar-refractivity contribution in [2.45, 2.75) is 9.79 Å². The molecule has 0 saturated heterocycles. The van der Waals surface area contributed by atoms with E-state index in [1.54, 1.807) is 54.6 Å². The van der Waals surface area contributed by atoms with Crippen molar-refractivity contribution >= 4 is 33.4 Å². The van der Waals surface area contributed by atoms with Crippen LogP contribution in [-0.2, 0) is 9.84 Å². The Balaban J connectivity index is 2.00. The molecular weight excluding hydrogens is 324 g/mol. The summed E-state index contributed by atoms with van der Waals surface area (Å²) in [6.07, 6.45) is 0. The summed E-state index contributed by atoms with van der Waals surface area (Å²) in [6, 6.07) is 15.0. The van der Waals surface area contributed by atoms with E-state index in [9.17, 15) is 8.42 Å². The molecule has 1 aromatic heterocycles. The minimum atomic E-state index is -3.48. The summed E-state index contributed by atoms with van der Waals surface area (Å²) in [6.45, 7) is 0. The lowest BCUT2D eigenvalue weighted by atomic mass is 10.2. The van der Waals surface area contributed by atoms with Gasteiger partial charge in [-0.15, -0.1) is 0 Å². The van der Waals surface area contributed by atoms with Crippen molar-refractivity contribution in [2.75, 3.05) is 0 Å². The molecule has 0 saturated carbocycles. The second-order valence-electron chi connectivity index (χ2n) is 4.26. The van der Waals surface area contributed by atoms with E-state index in [4.69, 9.17) is 12.2 Å². The Morgan fingerprint density at radius 2 is 1.57 bits per heavy atom. The van der Waals surface area contributed by atoms with E-state index >= 15 is 0 Å². The molecule has 1 N–H and O–H groups in total. The second kappa shape index (κ2) is 5.51. The van der Waals surface area contributed by atoms with Crippen LogP contribution in [0, 0.1) is 3.95 Å². The fraction of sp³-hybridized carbons (Fsp3) is 0. The van der Waals surface area contributed by atoms with E-state index in [1.165, 1.54) is 11.3 Å². The minimum absolute atomic E-state index is 0.261. The average molecular weight is 334 g/mol. The molecule has 1 heterocycles. The number of hydrogen-bond acceptors (Lipinski definition) is 5. The van der Waals surface area contributed by atoms with E-state index in [2.05, 4.69) is 10.2 Å². The minimum Gasteiger partial charge on any atom is -0.258 e. The summed E-state index contributed by atoms with van der Waals surface area (Å²) in [5.74, 6) is 0. The van der Waals surface area contributed by atoms with Gasteiger partial charge in [0.15, 0.2) is 3.95 Å². The van der Waals surface area contributed by atoms with Gasteiger partial charge in [-0.25, -0.2) is 8.42 Å². The first-order valence-corrected chi connectivity index (χ1v) is 8.74. The molecule has 0 radical (unpaired) electrons. The van der Waals surface area contributed by atoms with Crippen LogP contribution < -0.4 is 0 Å². The molecule has 0 spiro atoms. The molecule has 106 valence electrons. The van der Waals surface area contributed by atoms with Gasteiger partial charge in [-0.05, 0) is 36.5 Å². The van der Waals surface area contributed by atoms with Crippen LogP contribution in [0.1, 0.15) is 0 Å². The van der Waals surface area contributed by atoms with Gasteiger partial charge in [0.1, 0.15) is 5.01 Å². The number of aromatic amines is 1. The Morgan fingerprint density at radius 3 is 2.14 bits per heavy atom. The summed E-state index contributed by atoms with van der Waals surface area (Å²) in [5, 5.41) is 7.52. The molecule has 0 aliphatic rings. The first-order valence-electron chi connectivity index (χ1n) is 6.03. The van der Waals surface area contributed by atoms with Crippen molar-refractivity contribution in [3.63, 3.8) is 0 Å². The molecule has 0 amide bonds. The Kier molecular flexibility index (Phi) is 3.71. The van der Waals surface area contributed by atoms with Crippen molar-refractivity contribution in [3.05, 3.63) is 58.6 Å². The van der Waals surface area contributed by atoms with Gasteiger partial charge in [0.05, 0.1) is 9.79 Å². The third-order valence-corrected chi connectivity index (χ3v) is 5.83. The van der Waals surface area contributed by atoms with E-state index in [0.29, 0.717) is 3.95 Å². The zero-order chi connectivity index (χ0) is 14.9. The normalized spacial score (nSPS) is 11.4. The van der Waals surface area contributed by atoms with Crippen molar-refractivity contribution in [3.8, 4) is 10.6 Å². The summed E-state index contributed by atoms with van der Waals surface area (Å²) in [7, 11) is -3.48. The number of aromatic nitrogens is 2. The molecule has 3 rings (SSSR count). The number of hydrogen-bond donors (Lipinski definition) is 1. The number of H-pyrrole nitrogens is 1. The number of nitrogens with one attached hydrogen (secondary N) is 1. The van der Waals surface area contributed by atoms with Crippen LogP contribution in [0.5, 0.6) is 0 Å². The molecule has 7 heteroatoms. The van der Waals surface area contributed by atoms with Gasteiger partial charge in [0, 0.05) is 5.56 Å². The largest absolute Gasteiger partial charge is 0.258 e. The number of nitrogens with zero attached hydrogens (tertiary/aromatic N) is 1. The van der Waals surface area contributed by atoms with Crippen molar-refractivity contribution in [1.82, 2.24) is 10.2 Å². The van der Waals surface area contributed by atoms with Gasteiger partial charge < -0.3 is 0 Å². The molecule has 0 aliphatic carbocycles. The molecule has 21 heavy (non-hydrogen) atoms. The molecule has 3 aromatic rings. The zero-order valence-corrected chi connectivity index (χ0v) is 13.1. The molecule has 0 aliphatic heterocycles. The Morgan fingerprint density at radius 1 is 0.952 bits per heavy atom. The lowest BCUT2D eigenvalue weighted by Crippen LogP contribution is -2.01. The van der Waals surface area contributed by atoms with E-state index in [-0.39, 0.29) is 9.79 Å². The summed E-state index contributed by atoms with van der Waals surface area (Å²) in [5.41, 5.74) is 0.833. The van der Waals surface area contributed by atoms with Crippen molar-refractivity contribution in [1.29, 1.82) is 0 Å². The van der Waals surface area contributed by atoms with Crippen LogP contribution in [0.3, 0.4) is 0 Å². The predicted octanol–water partition coefficient (Wildman–Crippen LogP) is 3.70. The maximum atomic E-state index is 12.4. The second-order valence-corrected chi connectivity index (χ2v) is 7.87. The summed E-state index contributed by atoms with van der Waals surface area (Å²) in [4.78, 5) is 0.546. The quantitative estimate of drug-likeness (QED) is 0.742. The molecule has 0 bridgehead atoms. The summed E-state index contributed by atoms with van der Waals surface area (Å²) < 4.78 is 25.5. The topological polar surface area (TPSA) is 62.8 Å². The standard InChI is InChI=1S/C14H10N2O2S3/c17-21(18,11-4-2-1-3-5-11)12-8-6-10(7-9-12)13-15-16-14(19)20-13/h1-9H,(H,16,19). The third kappa shape index (κ3) is 2.80. The lowest BCUT2D eigenvalue weighted by molar-refractivity contribution is 0.596. The van der Waals surface area contributed by atoms with Crippen molar-refractivity contribution in [2.24, 2.45) is 0 Å². The van der Waals surface area contributed by atoms with Gasteiger partial charge in [0.2, 0.25) is 9.84 Å². The van der Waals surface area contributed by atoms with Crippen LogP contribution in [0.25, 0.3) is 10.6 Å². The van der Waals surface area contributed by atoms with Gasteiger partial charge in [0.25, 0.3) is 0 Å². The first kappa shape index (κ1) is 14.1. The SMILES string of the molecule is O=S(=O)(c1ccccc1)c1ccc(-c2n[nH]c(=S)s2)cc1. The van der Waals surface area contributed by atoms with Gasteiger partial charge in [-0.1, -0.05) is 41.7 Å². The number of benzene rings is 2. The molecule has 4 nitrogen and oxygen atoms in total. The van der Waals surface area contributed by atoms with Crippen LogP contribution in [0.4, 0.5) is 0 Å². The Bertz CT molecular complexity index is 911.